The molecule has 2 rings (SSSR count). The van der Waals surface area contributed by atoms with E-state index in [2.05, 4.69) is 4.98 Å². The molecule has 0 aliphatic rings. The van der Waals surface area contributed by atoms with Crippen LogP contribution in [0, 0.1) is 0 Å². The standard InChI is InChI=1S/C12H14N2O4S/c1-2-14(9-10-4-3-7-18-10)19(16,17)12-8-13-6-5-11(12)15/h3-8H,2,9H2,1H3,(H,13,15). The molecule has 0 fully saturated rings. The van der Waals surface area contributed by atoms with Gasteiger partial charge in [0.25, 0.3) is 0 Å². The van der Waals surface area contributed by atoms with Gasteiger partial charge < -0.3 is 9.40 Å². The first kappa shape index (κ1) is 13.6. The predicted octanol–water partition coefficient (Wildman–Crippen LogP) is 1.18. The van der Waals surface area contributed by atoms with Crippen LogP contribution in [0.15, 0.2) is 51.0 Å². The van der Waals surface area contributed by atoms with Gasteiger partial charge in [0, 0.05) is 25.0 Å². The van der Waals surface area contributed by atoms with E-state index >= 15 is 0 Å². The lowest BCUT2D eigenvalue weighted by atomic mass is 10.4. The van der Waals surface area contributed by atoms with E-state index in [-0.39, 0.29) is 18.0 Å². The second kappa shape index (κ2) is 5.41. The van der Waals surface area contributed by atoms with Gasteiger partial charge in [0.1, 0.15) is 10.7 Å². The van der Waals surface area contributed by atoms with Crippen LogP contribution in [0.4, 0.5) is 0 Å². The van der Waals surface area contributed by atoms with E-state index < -0.39 is 15.5 Å². The van der Waals surface area contributed by atoms with Crippen LogP contribution in [0.5, 0.6) is 0 Å². The molecule has 7 heteroatoms. The van der Waals surface area contributed by atoms with Crippen LogP contribution in [-0.2, 0) is 16.6 Å². The molecule has 0 spiro atoms. The summed E-state index contributed by atoms with van der Waals surface area (Å²) in [5.41, 5.74) is -0.531. The maximum atomic E-state index is 12.4. The Morgan fingerprint density at radius 3 is 2.74 bits per heavy atom. The lowest BCUT2D eigenvalue weighted by molar-refractivity contribution is 0.375. The summed E-state index contributed by atoms with van der Waals surface area (Å²) < 4.78 is 31.1. The van der Waals surface area contributed by atoms with Gasteiger partial charge in [-0.25, -0.2) is 8.42 Å². The van der Waals surface area contributed by atoms with Gasteiger partial charge in [-0.1, -0.05) is 6.92 Å². The Labute approximate surface area is 110 Å². The second-order valence-corrected chi connectivity index (χ2v) is 5.79. The van der Waals surface area contributed by atoms with Crippen molar-refractivity contribution in [3.05, 3.63) is 52.8 Å². The number of nitrogens with one attached hydrogen (secondary N) is 1. The van der Waals surface area contributed by atoms with Gasteiger partial charge in [-0.2, -0.15) is 4.31 Å². The summed E-state index contributed by atoms with van der Waals surface area (Å²) in [5, 5.41) is 0. The van der Waals surface area contributed by atoms with Crippen LogP contribution in [0.3, 0.4) is 0 Å². The molecule has 2 heterocycles. The van der Waals surface area contributed by atoms with Crippen molar-refractivity contribution in [3.8, 4) is 0 Å². The van der Waals surface area contributed by atoms with Crippen LogP contribution < -0.4 is 5.43 Å². The summed E-state index contributed by atoms with van der Waals surface area (Å²) in [6, 6.07) is 4.56. The van der Waals surface area contributed by atoms with Crippen molar-refractivity contribution in [2.75, 3.05) is 6.54 Å². The van der Waals surface area contributed by atoms with E-state index in [1.807, 2.05) is 0 Å². The van der Waals surface area contributed by atoms with E-state index in [1.165, 1.54) is 29.0 Å². The highest BCUT2D eigenvalue weighted by molar-refractivity contribution is 7.89. The Hall–Kier alpha value is -1.86. The second-order valence-electron chi connectivity index (χ2n) is 3.88. The summed E-state index contributed by atoms with van der Waals surface area (Å²) in [4.78, 5) is 14.0. The minimum Gasteiger partial charge on any atom is -0.468 e. The summed E-state index contributed by atoms with van der Waals surface area (Å²) in [6.45, 7) is 2.05. The van der Waals surface area contributed by atoms with Crippen molar-refractivity contribution >= 4 is 10.0 Å². The Bertz CT molecular complexity index is 689. The van der Waals surface area contributed by atoms with Crippen LogP contribution in [0.25, 0.3) is 0 Å². The fourth-order valence-corrected chi connectivity index (χ4v) is 3.14. The number of rotatable bonds is 5. The van der Waals surface area contributed by atoms with Gasteiger partial charge >= 0.3 is 0 Å². The third-order valence-electron chi connectivity index (χ3n) is 2.67. The zero-order valence-electron chi connectivity index (χ0n) is 10.4. The zero-order chi connectivity index (χ0) is 13.9. The van der Waals surface area contributed by atoms with Gasteiger partial charge in [0.15, 0.2) is 0 Å². The Balaban J connectivity index is 2.37. The third kappa shape index (κ3) is 2.77. The molecule has 0 aliphatic carbocycles. The van der Waals surface area contributed by atoms with E-state index in [4.69, 9.17) is 4.42 Å². The monoisotopic (exact) mass is 282 g/mol. The average Bonchev–Trinajstić information content (AvgIpc) is 2.89. The van der Waals surface area contributed by atoms with E-state index in [0.717, 1.165) is 0 Å². The molecule has 0 saturated carbocycles. The Kier molecular flexibility index (Phi) is 3.87. The Morgan fingerprint density at radius 2 is 2.16 bits per heavy atom. The van der Waals surface area contributed by atoms with Crippen molar-refractivity contribution in [2.45, 2.75) is 18.4 Å². The van der Waals surface area contributed by atoms with Crippen molar-refractivity contribution in [2.24, 2.45) is 0 Å². The van der Waals surface area contributed by atoms with Crippen LogP contribution >= 0.6 is 0 Å². The SMILES string of the molecule is CCN(Cc1ccco1)S(=O)(=O)c1c[nH]ccc1=O. The third-order valence-corrected chi connectivity index (χ3v) is 4.61. The molecule has 0 bridgehead atoms. The van der Waals surface area contributed by atoms with Crippen molar-refractivity contribution < 1.29 is 12.8 Å². The van der Waals surface area contributed by atoms with Crippen LogP contribution in [0.2, 0.25) is 0 Å². The number of hydrogen-bond acceptors (Lipinski definition) is 4. The molecule has 0 amide bonds. The van der Waals surface area contributed by atoms with E-state index in [0.29, 0.717) is 5.76 Å². The topological polar surface area (TPSA) is 83.4 Å². The zero-order valence-corrected chi connectivity index (χ0v) is 11.2. The number of aromatic nitrogens is 1. The molecule has 0 radical (unpaired) electrons. The summed E-state index contributed by atoms with van der Waals surface area (Å²) in [7, 11) is -3.83. The first-order valence-electron chi connectivity index (χ1n) is 5.75. The normalized spacial score (nSPS) is 11.9. The number of sulfonamides is 1. The molecule has 0 unspecified atom stereocenters. The fraction of sp³-hybridized carbons (Fsp3) is 0.250. The molecule has 0 saturated heterocycles. The number of nitrogens with zero attached hydrogens (tertiary/aromatic N) is 1. The molecule has 0 aliphatic heterocycles. The molecule has 19 heavy (non-hydrogen) atoms. The van der Waals surface area contributed by atoms with Gasteiger partial charge in [-0.05, 0) is 12.1 Å². The molecule has 0 aromatic carbocycles. The quantitative estimate of drug-likeness (QED) is 0.892. The first-order chi connectivity index (χ1) is 9.05. The maximum absolute atomic E-state index is 12.4. The van der Waals surface area contributed by atoms with Gasteiger partial charge in [0.2, 0.25) is 15.5 Å². The molecule has 0 atom stereocenters. The number of pyridine rings is 1. The molecular weight excluding hydrogens is 268 g/mol. The number of H-pyrrole nitrogens is 1. The van der Waals surface area contributed by atoms with Gasteiger partial charge in [-0.15, -0.1) is 0 Å². The van der Waals surface area contributed by atoms with E-state index in [1.54, 1.807) is 19.1 Å². The number of furan rings is 1. The summed E-state index contributed by atoms with van der Waals surface area (Å²) in [6.07, 6.45) is 4.07. The van der Waals surface area contributed by atoms with Crippen molar-refractivity contribution in [1.29, 1.82) is 0 Å². The fourth-order valence-electron chi connectivity index (χ4n) is 1.68. The van der Waals surface area contributed by atoms with Crippen LogP contribution in [-0.4, -0.2) is 24.3 Å². The highest BCUT2D eigenvalue weighted by Crippen LogP contribution is 2.14. The lowest BCUT2D eigenvalue weighted by Gasteiger charge is -2.18. The molecule has 2 aromatic heterocycles. The molecule has 2 aromatic rings. The highest BCUT2D eigenvalue weighted by Gasteiger charge is 2.26. The number of hydrogen-bond donors (Lipinski definition) is 1. The maximum Gasteiger partial charge on any atom is 0.248 e. The van der Waals surface area contributed by atoms with Crippen LogP contribution in [0.1, 0.15) is 12.7 Å². The lowest BCUT2D eigenvalue weighted by Crippen LogP contribution is -2.33. The summed E-state index contributed by atoms with van der Waals surface area (Å²) >= 11 is 0. The largest absolute Gasteiger partial charge is 0.468 e. The molecule has 1 N–H and O–H groups in total. The van der Waals surface area contributed by atoms with Gasteiger partial charge in [0.05, 0.1) is 12.8 Å². The van der Waals surface area contributed by atoms with Crippen molar-refractivity contribution in [3.63, 3.8) is 0 Å². The van der Waals surface area contributed by atoms with E-state index in [9.17, 15) is 13.2 Å². The number of aromatic amines is 1. The molecule has 6 nitrogen and oxygen atoms in total. The molecule has 102 valence electrons. The first-order valence-corrected chi connectivity index (χ1v) is 7.19. The minimum absolute atomic E-state index is 0.0974. The van der Waals surface area contributed by atoms with Gasteiger partial charge in [-0.3, -0.25) is 4.79 Å². The average molecular weight is 282 g/mol. The smallest absolute Gasteiger partial charge is 0.248 e. The van der Waals surface area contributed by atoms with Crippen molar-refractivity contribution in [1.82, 2.24) is 9.29 Å². The summed E-state index contributed by atoms with van der Waals surface area (Å²) in [5.74, 6) is 0.526. The Morgan fingerprint density at radius 1 is 1.37 bits per heavy atom. The predicted molar refractivity (Wildman–Crippen MR) is 69.0 cm³/mol. The molecular formula is C12H14N2O4S. The minimum atomic E-state index is -3.83. The highest BCUT2D eigenvalue weighted by atomic mass is 32.2.